The first kappa shape index (κ1) is 34.1. The minimum Gasteiger partial charge on any atom is -0.426 e. The quantitative estimate of drug-likeness (QED) is 0.0753. The number of para-hydroxylation sites is 1. The highest BCUT2D eigenvalue weighted by Crippen LogP contribution is 2.42. The molecule has 2 aromatic carbocycles. The predicted molar refractivity (Wildman–Crippen MR) is 190 cm³/mol. The summed E-state index contributed by atoms with van der Waals surface area (Å²) < 4.78 is 29.3. The lowest BCUT2D eigenvalue weighted by atomic mass is 9.85. The van der Waals surface area contributed by atoms with E-state index >= 15 is 0 Å². The maximum atomic E-state index is 14.1. The Bertz CT molecular complexity index is 1650. The molecule has 240 valence electrons. The molecular formula is C35H46B2O6S2. The van der Waals surface area contributed by atoms with Crippen molar-refractivity contribution in [1.29, 1.82) is 0 Å². The second-order valence-corrected chi connectivity index (χ2v) is 16.4. The first-order valence-corrected chi connectivity index (χ1v) is 17.7. The van der Waals surface area contributed by atoms with E-state index in [1.807, 2.05) is 32.0 Å². The molecule has 0 aliphatic carbocycles. The molecule has 0 saturated carbocycles. The highest BCUT2D eigenvalue weighted by atomic mass is 32.1. The molecule has 4 aromatic rings. The molecular weight excluding hydrogens is 602 g/mol. The Morgan fingerprint density at radius 1 is 0.933 bits per heavy atom. The van der Waals surface area contributed by atoms with Crippen LogP contribution in [0.25, 0.3) is 20.2 Å². The van der Waals surface area contributed by atoms with Crippen molar-refractivity contribution in [2.75, 3.05) is 0 Å². The highest BCUT2D eigenvalue weighted by molar-refractivity contribution is 7.34. The zero-order chi connectivity index (χ0) is 32.8. The van der Waals surface area contributed by atoms with Crippen LogP contribution in [0.2, 0.25) is 0 Å². The van der Waals surface area contributed by atoms with E-state index in [2.05, 4.69) is 46.8 Å². The fourth-order valence-corrected chi connectivity index (χ4v) is 7.72. The summed E-state index contributed by atoms with van der Waals surface area (Å²) in [7, 11) is -0.183. The Hall–Kier alpha value is -2.20. The Kier molecular flexibility index (Phi) is 9.69. The maximum absolute atomic E-state index is 14.1. The van der Waals surface area contributed by atoms with E-state index in [1.165, 1.54) is 0 Å². The number of unbranched alkanes of at least 4 members (excludes halogenated alkanes) is 3. The van der Waals surface area contributed by atoms with E-state index in [-0.39, 0.29) is 5.97 Å². The zero-order valence-electron chi connectivity index (χ0n) is 28.2. The van der Waals surface area contributed by atoms with E-state index in [0.29, 0.717) is 18.8 Å². The maximum Gasteiger partial charge on any atom is 0.505 e. The Morgan fingerprint density at radius 2 is 1.58 bits per heavy atom. The van der Waals surface area contributed by atoms with Crippen LogP contribution in [-0.4, -0.2) is 48.1 Å². The van der Waals surface area contributed by atoms with E-state index in [1.54, 1.807) is 48.7 Å². The molecule has 0 amide bonds. The third kappa shape index (κ3) is 6.92. The van der Waals surface area contributed by atoms with Gasteiger partial charge in [0.05, 0.1) is 37.4 Å². The molecule has 1 fully saturated rings. The van der Waals surface area contributed by atoms with Gasteiger partial charge in [-0.3, -0.25) is 0 Å². The number of thiophene rings is 2. The highest BCUT2D eigenvalue weighted by Gasteiger charge is 2.52. The molecule has 0 radical (unpaired) electrons. The molecule has 1 saturated heterocycles. The molecule has 0 bridgehead atoms. The van der Waals surface area contributed by atoms with Crippen LogP contribution in [0.3, 0.4) is 0 Å². The molecule has 1 N–H and O–H groups in total. The fourth-order valence-electron chi connectivity index (χ4n) is 5.34. The monoisotopic (exact) mass is 648 g/mol. The van der Waals surface area contributed by atoms with Crippen molar-refractivity contribution in [3.63, 3.8) is 0 Å². The van der Waals surface area contributed by atoms with Gasteiger partial charge in [0.2, 0.25) is 0 Å². The second kappa shape index (κ2) is 12.8. The third-order valence-corrected chi connectivity index (χ3v) is 12.0. The van der Waals surface area contributed by atoms with Crippen LogP contribution in [0.5, 0.6) is 5.75 Å². The number of aryl methyl sites for hydroxylation is 1. The van der Waals surface area contributed by atoms with Crippen LogP contribution in [0.4, 0.5) is 0 Å². The molecule has 3 heterocycles. The SMILES string of the molecule is CCCCCCc1c(C(=O)Oc2ccccc2)c2cc(BOC(C)(C)C(C)(C)O)sc2c2sc(B3OC(C)(C)C(C)(C)O3)cc12. The summed E-state index contributed by atoms with van der Waals surface area (Å²) in [6, 6.07) is 13.5. The van der Waals surface area contributed by atoms with Crippen LogP contribution in [0, 0.1) is 0 Å². The first-order valence-electron chi connectivity index (χ1n) is 16.0. The number of benzene rings is 2. The minimum absolute atomic E-state index is 0.312. The summed E-state index contributed by atoms with van der Waals surface area (Å²) in [6.45, 7) is 17.8. The molecule has 6 nitrogen and oxygen atoms in total. The third-order valence-electron chi connectivity index (χ3n) is 9.61. The molecule has 0 unspecified atom stereocenters. The molecule has 45 heavy (non-hydrogen) atoms. The topological polar surface area (TPSA) is 74.2 Å². The van der Waals surface area contributed by atoms with Crippen LogP contribution < -0.4 is 14.3 Å². The van der Waals surface area contributed by atoms with Crippen molar-refractivity contribution in [3.8, 4) is 5.75 Å². The minimum atomic E-state index is -1.03. The number of ether oxygens (including phenoxy) is 1. The van der Waals surface area contributed by atoms with Gasteiger partial charge in [0.25, 0.3) is 0 Å². The van der Waals surface area contributed by atoms with Gasteiger partial charge in [0.15, 0.2) is 0 Å². The smallest absolute Gasteiger partial charge is 0.426 e. The van der Waals surface area contributed by atoms with Crippen molar-refractivity contribution in [2.24, 2.45) is 0 Å². The van der Waals surface area contributed by atoms with Gasteiger partial charge in [-0.25, -0.2) is 4.79 Å². The van der Waals surface area contributed by atoms with Gasteiger partial charge < -0.3 is 23.8 Å². The summed E-state index contributed by atoms with van der Waals surface area (Å²) >= 11 is 3.30. The van der Waals surface area contributed by atoms with E-state index in [0.717, 1.165) is 67.4 Å². The molecule has 0 atom stereocenters. The molecule has 1 aliphatic rings. The Morgan fingerprint density at radius 3 is 2.20 bits per heavy atom. The molecule has 2 aromatic heterocycles. The Balaban J connectivity index is 1.67. The van der Waals surface area contributed by atoms with Crippen LogP contribution in [-0.2, 0) is 20.4 Å². The number of hydrogen-bond donors (Lipinski definition) is 1. The number of carbonyl (C=O) groups is 1. The largest absolute Gasteiger partial charge is 0.505 e. The average molecular weight is 649 g/mol. The van der Waals surface area contributed by atoms with Gasteiger partial charge in [-0.05, 0) is 103 Å². The summed E-state index contributed by atoms with van der Waals surface area (Å²) in [4.78, 5) is 14.1. The lowest BCUT2D eigenvalue weighted by Gasteiger charge is -2.37. The van der Waals surface area contributed by atoms with E-state index in [9.17, 15) is 9.90 Å². The number of hydrogen-bond acceptors (Lipinski definition) is 8. The van der Waals surface area contributed by atoms with Gasteiger partial charge in [-0.15, -0.1) is 22.7 Å². The van der Waals surface area contributed by atoms with E-state index < -0.39 is 29.5 Å². The lowest BCUT2D eigenvalue weighted by molar-refractivity contribution is -0.0892. The second-order valence-electron chi connectivity index (χ2n) is 14.2. The van der Waals surface area contributed by atoms with Crippen molar-refractivity contribution in [1.82, 2.24) is 0 Å². The van der Waals surface area contributed by atoms with Gasteiger partial charge in [-0.1, -0.05) is 44.4 Å². The van der Waals surface area contributed by atoms with E-state index in [4.69, 9.17) is 18.7 Å². The van der Waals surface area contributed by atoms with Crippen molar-refractivity contribution in [2.45, 2.75) is 117 Å². The standard InChI is InChI=1S/C35H46B2O6S2/c1-10-11-12-16-19-23-24-21-27(37-42-34(6,7)35(8,9)43-37)45-29(24)30-25(28(23)31(38)40-22-17-14-13-15-18-22)20-26(44-30)36-41-33(4,5)32(2,3)39/h13-15,17-18,20-21,36,39H,10-12,16,19H2,1-9H3. The lowest BCUT2D eigenvalue weighted by Crippen LogP contribution is -2.49. The van der Waals surface area contributed by atoms with Gasteiger partial charge in [-0.2, -0.15) is 0 Å². The van der Waals surface area contributed by atoms with Crippen LogP contribution >= 0.6 is 22.7 Å². The number of aliphatic hydroxyl groups is 1. The van der Waals surface area contributed by atoms with Crippen LogP contribution in [0.15, 0.2) is 42.5 Å². The molecule has 5 rings (SSSR count). The van der Waals surface area contributed by atoms with Crippen molar-refractivity contribution >= 4 is 73.0 Å². The summed E-state index contributed by atoms with van der Waals surface area (Å²) in [6.07, 6.45) is 5.11. The fraction of sp³-hybridized carbons (Fsp3) is 0.514. The molecule has 0 spiro atoms. The van der Waals surface area contributed by atoms with Gasteiger partial charge >= 0.3 is 20.6 Å². The van der Waals surface area contributed by atoms with Gasteiger partial charge in [0.1, 0.15) is 5.75 Å². The summed E-state index contributed by atoms with van der Waals surface area (Å²) in [5, 5.41) is 12.6. The number of esters is 1. The summed E-state index contributed by atoms with van der Waals surface area (Å²) in [5.41, 5.74) is -1.10. The predicted octanol–water partition coefficient (Wildman–Crippen LogP) is 7.30. The van der Waals surface area contributed by atoms with Crippen molar-refractivity contribution < 1.29 is 28.6 Å². The zero-order valence-corrected chi connectivity index (χ0v) is 29.8. The normalized spacial score (nSPS) is 16.5. The van der Waals surface area contributed by atoms with Gasteiger partial charge in [0, 0.05) is 14.9 Å². The molecule has 10 heteroatoms. The Labute approximate surface area is 276 Å². The summed E-state index contributed by atoms with van der Waals surface area (Å²) in [5.74, 6) is 0.158. The number of carbonyl (C=O) groups excluding carboxylic acids is 1. The van der Waals surface area contributed by atoms with Crippen molar-refractivity contribution in [3.05, 3.63) is 53.6 Å². The molecule has 1 aliphatic heterocycles. The number of fused-ring (bicyclic) bond motifs is 3. The average Bonchev–Trinajstić information content (AvgIpc) is 3.63. The van der Waals surface area contributed by atoms with Crippen LogP contribution in [0.1, 0.15) is 104 Å². The number of rotatable bonds is 12. The first-order chi connectivity index (χ1) is 21.0.